The molecule has 0 aromatic carbocycles. The van der Waals surface area contributed by atoms with Crippen LogP contribution in [0, 0.1) is 0 Å². The number of aromatic amines is 1. The van der Waals surface area contributed by atoms with Crippen molar-refractivity contribution in [3.63, 3.8) is 0 Å². The number of nitrogens with one attached hydrogen (secondary N) is 1. The molecule has 0 aliphatic rings. The molecule has 0 spiro atoms. The average Bonchev–Trinajstić information content (AvgIpc) is 2.58. The number of rotatable bonds is 7. The van der Waals surface area contributed by atoms with Gasteiger partial charge in [0.25, 0.3) is 0 Å². The van der Waals surface area contributed by atoms with Gasteiger partial charge < -0.3 is 4.98 Å². The Bertz CT molecular complexity index is 242. The molecule has 80 valence electrons. The maximum atomic E-state index is 3.19. The first kappa shape index (κ1) is 11.8. The van der Waals surface area contributed by atoms with Crippen LogP contribution < -0.4 is 5.44 Å². The van der Waals surface area contributed by atoms with Crippen LogP contribution in [0.1, 0.15) is 51.0 Å². The highest BCUT2D eigenvalue weighted by Gasteiger charge is 1.98. The Kier molecular flexibility index (Phi) is 5.94. The van der Waals surface area contributed by atoms with E-state index < -0.39 is 0 Å². The second kappa shape index (κ2) is 7.06. The maximum Gasteiger partial charge on any atom is 0.0353 e. The van der Waals surface area contributed by atoms with Gasteiger partial charge in [-0.2, -0.15) is 0 Å². The van der Waals surface area contributed by atoms with Crippen molar-refractivity contribution in [2.45, 2.75) is 51.9 Å². The molecule has 1 atom stereocenters. The normalized spacial score (nSPS) is 10.7. The van der Waals surface area contributed by atoms with Crippen LogP contribution in [0.15, 0.2) is 12.3 Å². The quantitative estimate of drug-likeness (QED) is 0.525. The van der Waals surface area contributed by atoms with E-state index in [9.17, 15) is 0 Å². The fourth-order valence-corrected chi connectivity index (χ4v) is 2.07. The summed E-state index contributed by atoms with van der Waals surface area (Å²) in [4.78, 5) is 3.19. The molecular formula is C12H22NP. The fraction of sp³-hybridized carbons (Fsp3) is 0.667. The molecule has 0 radical (unpaired) electrons. The van der Waals surface area contributed by atoms with Crippen LogP contribution in [0.25, 0.3) is 0 Å². The smallest absolute Gasteiger partial charge is 0.0353 e. The minimum Gasteiger partial charge on any atom is -0.362 e. The Morgan fingerprint density at radius 3 is 2.50 bits per heavy atom. The number of aryl methyl sites for hydroxylation is 1. The van der Waals surface area contributed by atoms with Gasteiger partial charge in [-0.25, -0.2) is 0 Å². The van der Waals surface area contributed by atoms with E-state index in [-0.39, 0.29) is 0 Å². The van der Waals surface area contributed by atoms with Gasteiger partial charge in [0, 0.05) is 11.6 Å². The maximum absolute atomic E-state index is 3.19. The highest BCUT2D eigenvalue weighted by atomic mass is 31.0. The van der Waals surface area contributed by atoms with Crippen molar-refractivity contribution >= 4 is 14.7 Å². The fourth-order valence-electron chi connectivity index (χ4n) is 1.73. The zero-order valence-electron chi connectivity index (χ0n) is 9.18. The summed E-state index contributed by atoms with van der Waals surface area (Å²) in [5, 5.41) is 0. The first-order valence-electron chi connectivity index (χ1n) is 5.76. The van der Waals surface area contributed by atoms with E-state index in [2.05, 4.69) is 27.2 Å². The summed E-state index contributed by atoms with van der Waals surface area (Å²) in [7, 11) is 2.76. The zero-order chi connectivity index (χ0) is 10.2. The molecule has 0 bridgehead atoms. The lowest BCUT2D eigenvalue weighted by molar-refractivity contribution is 0.608. The Morgan fingerprint density at radius 2 is 1.86 bits per heavy atom. The van der Waals surface area contributed by atoms with Crippen LogP contribution in [0.2, 0.25) is 0 Å². The molecule has 1 nitrogen and oxygen atoms in total. The van der Waals surface area contributed by atoms with Gasteiger partial charge in [0.1, 0.15) is 0 Å². The van der Waals surface area contributed by atoms with Gasteiger partial charge in [-0.05, 0) is 24.5 Å². The topological polar surface area (TPSA) is 15.8 Å². The van der Waals surface area contributed by atoms with Crippen LogP contribution in [0.4, 0.5) is 0 Å². The first-order valence-corrected chi connectivity index (χ1v) is 6.34. The number of aromatic nitrogens is 1. The molecule has 1 heterocycles. The summed E-state index contributed by atoms with van der Waals surface area (Å²) < 4.78 is 0. The molecule has 0 saturated heterocycles. The largest absolute Gasteiger partial charge is 0.362 e. The van der Waals surface area contributed by atoms with Gasteiger partial charge in [-0.3, -0.25) is 0 Å². The molecule has 0 aliphatic heterocycles. The number of hydrogen-bond donors (Lipinski definition) is 1. The molecule has 1 aromatic rings. The third kappa shape index (κ3) is 4.28. The van der Waals surface area contributed by atoms with E-state index in [0.29, 0.717) is 0 Å². The van der Waals surface area contributed by atoms with Crippen LogP contribution in [0.5, 0.6) is 0 Å². The van der Waals surface area contributed by atoms with Crippen LogP contribution in [0.3, 0.4) is 0 Å². The Hall–Kier alpha value is -0.290. The molecule has 14 heavy (non-hydrogen) atoms. The molecule has 2 heteroatoms. The van der Waals surface area contributed by atoms with Crippen molar-refractivity contribution in [3.05, 3.63) is 17.8 Å². The van der Waals surface area contributed by atoms with Gasteiger partial charge in [0.2, 0.25) is 0 Å². The Morgan fingerprint density at radius 1 is 1.14 bits per heavy atom. The molecule has 0 aliphatic carbocycles. The van der Waals surface area contributed by atoms with Gasteiger partial charge in [-0.15, -0.1) is 0 Å². The summed E-state index contributed by atoms with van der Waals surface area (Å²) in [5.74, 6) is 0. The van der Waals surface area contributed by atoms with E-state index >= 15 is 0 Å². The van der Waals surface area contributed by atoms with Crippen LogP contribution in [-0.4, -0.2) is 4.98 Å². The van der Waals surface area contributed by atoms with Gasteiger partial charge in [0.05, 0.1) is 0 Å². The summed E-state index contributed by atoms with van der Waals surface area (Å²) >= 11 is 0. The first-order chi connectivity index (χ1) is 6.84. The summed E-state index contributed by atoms with van der Waals surface area (Å²) in [5.41, 5.74) is 2.73. The number of hydrogen-bond acceptors (Lipinski definition) is 0. The molecule has 1 N–H and O–H groups in total. The molecule has 1 aromatic heterocycles. The summed E-state index contributed by atoms with van der Waals surface area (Å²) in [6, 6.07) is 2.19. The van der Waals surface area contributed by atoms with E-state index in [1.165, 1.54) is 55.9 Å². The predicted molar refractivity (Wildman–Crippen MR) is 67.2 cm³/mol. The SMILES string of the molecule is CCCCCCCCc1cc[nH]c1P. The third-order valence-electron chi connectivity index (χ3n) is 2.67. The van der Waals surface area contributed by atoms with Crippen molar-refractivity contribution in [2.75, 3.05) is 0 Å². The standard InChI is InChI=1S/C12H22NP/c1-2-3-4-5-6-7-8-11-9-10-13-12(11)14/h9-10,13H,2-8,14H2,1H3. The van der Waals surface area contributed by atoms with Crippen molar-refractivity contribution < 1.29 is 0 Å². The Labute approximate surface area is 89.9 Å². The van der Waals surface area contributed by atoms with Crippen LogP contribution in [-0.2, 0) is 6.42 Å². The molecule has 1 unspecified atom stereocenters. The minimum absolute atomic E-state index is 1.23. The average molecular weight is 211 g/mol. The van der Waals surface area contributed by atoms with Gasteiger partial charge in [-0.1, -0.05) is 48.3 Å². The monoisotopic (exact) mass is 211 g/mol. The highest BCUT2D eigenvalue weighted by molar-refractivity contribution is 7.27. The van der Waals surface area contributed by atoms with Crippen molar-refractivity contribution in [3.8, 4) is 0 Å². The summed E-state index contributed by atoms with van der Waals surface area (Å²) in [6.07, 6.45) is 11.5. The van der Waals surface area contributed by atoms with Crippen molar-refractivity contribution in [1.82, 2.24) is 4.98 Å². The van der Waals surface area contributed by atoms with Crippen LogP contribution >= 0.6 is 9.24 Å². The summed E-state index contributed by atoms with van der Waals surface area (Å²) in [6.45, 7) is 2.26. The third-order valence-corrected chi connectivity index (χ3v) is 3.21. The van der Waals surface area contributed by atoms with E-state index in [1.807, 2.05) is 6.20 Å². The van der Waals surface area contributed by atoms with E-state index in [1.54, 1.807) is 0 Å². The second-order valence-electron chi connectivity index (χ2n) is 3.93. The highest BCUT2D eigenvalue weighted by Crippen LogP contribution is 2.09. The molecule has 0 amide bonds. The molecule has 0 fully saturated rings. The predicted octanol–water partition coefficient (Wildman–Crippen LogP) is 3.42. The van der Waals surface area contributed by atoms with Crippen molar-refractivity contribution in [2.24, 2.45) is 0 Å². The number of unbranched alkanes of at least 4 members (excludes halogenated alkanes) is 5. The minimum atomic E-state index is 1.23. The van der Waals surface area contributed by atoms with Gasteiger partial charge in [0.15, 0.2) is 0 Å². The molecular weight excluding hydrogens is 189 g/mol. The molecule has 0 saturated carbocycles. The van der Waals surface area contributed by atoms with Crippen molar-refractivity contribution in [1.29, 1.82) is 0 Å². The second-order valence-corrected chi connectivity index (χ2v) is 4.51. The lowest BCUT2D eigenvalue weighted by atomic mass is 10.1. The zero-order valence-corrected chi connectivity index (χ0v) is 10.3. The lowest BCUT2D eigenvalue weighted by Gasteiger charge is -2.00. The van der Waals surface area contributed by atoms with Gasteiger partial charge >= 0.3 is 0 Å². The van der Waals surface area contributed by atoms with E-state index in [4.69, 9.17) is 0 Å². The Balaban J connectivity index is 2.02. The number of H-pyrrole nitrogens is 1. The molecule has 1 rings (SSSR count). The van der Waals surface area contributed by atoms with E-state index in [0.717, 1.165) is 0 Å². The lowest BCUT2D eigenvalue weighted by Crippen LogP contribution is -1.98.